The minimum atomic E-state index is -3.69. The van der Waals surface area contributed by atoms with E-state index >= 15 is 0 Å². The zero-order chi connectivity index (χ0) is 14.7. The Kier molecular flexibility index (Phi) is 5.14. The highest BCUT2D eigenvalue weighted by atomic mass is 35.5. The van der Waals surface area contributed by atoms with Crippen LogP contribution in [0.5, 0.6) is 0 Å². The fraction of sp³-hybridized carbons (Fsp3) is 0.545. The molecule has 0 atom stereocenters. The van der Waals surface area contributed by atoms with Crippen LogP contribution in [0.2, 0.25) is 5.02 Å². The summed E-state index contributed by atoms with van der Waals surface area (Å²) >= 11 is 5.93. The lowest BCUT2D eigenvalue weighted by Crippen LogP contribution is -2.46. The van der Waals surface area contributed by atoms with E-state index in [4.69, 9.17) is 16.3 Å². The SMILES string of the molecule is CNc1ncc(S(=O)(=O)NC(C)(C)COC)cc1Cl. The number of pyridine rings is 1. The predicted molar refractivity (Wildman–Crippen MR) is 75.1 cm³/mol. The van der Waals surface area contributed by atoms with Crippen molar-refractivity contribution in [3.8, 4) is 0 Å². The summed E-state index contributed by atoms with van der Waals surface area (Å²) in [4.78, 5) is 3.96. The summed E-state index contributed by atoms with van der Waals surface area (Å²) in [5.41, 5.74) is -0.720. The average molecular weight is 308 g/mol. The van der Waals surface area contributed by atoms with Crippen LogP contribution in [0.4, 0.5) is 5.82 Å². The Labute approximate surface area is 118 Å². The molecule has 0 saturated heterocycles. The maximum Gasteiger partial charge on any atom is 0.242 e. The van der Waals surface area contributed by atoms with Gasteiger partial charge in [-0.3, -0.25) is 0 Å². The van der Waals surface area contributed by atoms with Gasteiger partial charge in [0, 0.05) is 20.4 Å². The van der Waals surface area contributed by atoms with Gasteiger partial charge in [0.1, 0.15) is 10.7 Å². The lowest BCUT2D eigenvalue weighted by Gasteiger charge is -2.24. The molecule has 0 saturated carbocycles. The van der Waals surface area contributed by atoms with Gasteiger partial charge in [-0.1, -0.05) is 11.6 Å². The van der Waals surface area contributed by atoms with Crippen LogP contribution in [0.3, 0.4) is 0 Å². The monoisotopic (exact) mass is 307 g/mol. The first-order valence-electron chi connectivity index (χ1n) is 5.58. The third kappa shape index (κ3) is 4.31. The van der Waals surface area contributed by atoms with Crippen LogP contribution in [-0.4, -0.2) is 39.7 Å². The molecule has 1 aromatic rings. The van der Waals surface area contributed by atoms with Crippen molar-refractivity contribution in [1.82, 2.24) is 9.71 Å². The molecule has 0 aliphatic carbocycles. The van der Waals surface area contributed by atoms with Crippen molar-refractivity contribution in [2.75, 3.05) is 26.1 Å². The summed E-state index contributed by atoms with van der Waals surface area (Å²) in [7, 11) is -0.527. The molecule has 2 N–H and O–H groups in total. The molecule has 0 amide bonds. The molecule has 1 rings (SSSR count). The molecule has 108 valence electrons. The molecule has 0 unspecified atom stereocenters. The molecule has 19 heavy (non-hydrogen) atoms. The normalized spacial score (nSPS) is 12.5. The largest absolute Gasteiger partial charge is 0.383 e. The number of aromatic nitrogens is 1. The summed E-state index contributed by atoms with van der Waals surface area (Å²) < 4.78 is 31.9. The van der Waals surface area contributed by atoms with E-state index in [1.54, 1.807) is 20.9 Å². The van der Waals surface area contributed by atoms with Gasteiger partial charge in [-0.2, -0.15) is 0 Å². The number of nitrogens with zero attached hydrogens (tertiary/aromatic N) is 1. The predicted octanol–water partition coefficient (Wildman–Crippen LogP) is 1.48. The maximum absolute atomic E-state index is 12.2. The van der Waals surface area contributed by atoms with Crippen molar-refractivity contribution < 1.29 is 13.2 Å². The van der Waals surface area contributed by atoms with Crippen LogP contribution < -0.4 is 10.0 Å². The third-order valence-electron chi connectivity index (χ3n) is 2.28. The Morgan fingerprint density at radius 1 is 1.47 bits per heavy atom. The fourth-order valence-corrected chi connectivity index (χ4v) is 3.26. The van der Waals surface area contributed by atoms with Crippen molar-refractivity contribution in [2.45, 2.75) is 24.3 Å². The van der Waals surface area contributed by atoms with Crippen LogP contribution in [0.25, 0.3) is 0 Å². The van der Waals surface area contributed by atoms with Gasteiger partial charge >= 0.3 is 0 Å². The van der Waals surface area contributed by atoms with Crippen LogP contribution in [0.1, 0.15) is 13.8 Å². The van der Waals surface area contributed by atoms with E-state index in [0.717, 1.165) is 0 Å². The topological polar surface area (TPSA) is 80.3 Å². The molecule has 1 aromatic heterocycles. The van der Waals surface area contributed by atoms with E-state index in [1.165, 1.54) is 19.4 Å². The number of methoxy groups -OCH3 is 1. The second-order valence-electron chi connectivity index (χ2n) is 4.67. The summed E-state index contributed by atoms with van der Waals surface area (Å²) in [6, 6.07) is 1.35. The van der Waals surface area contributed by atoms with E-state index in [9.17, 15) is 8.42 Å². The molecule has 0 spiro atoms. The van der Waals surface area contributed by atoms with Crippen LogP contribution in [0.15, 0.2) is 17.2 Å². The highest BCUT2D eigenvalue weighted by molar-refractivity contribution is 7.89. The van der Waals surface area contributed by atoms with Gasteiger partial charge in [0.05, 0.1) is 17.2 Å². The fourth-order valence-electron chi connectivity index (χ4n) is 1.56. The minimum Gasteiger partial charge on any atom is -0.383 e. The maximum atomic E-state index is 12.2. The molecule has 0 aromatic carbocycles. The molecule has 1 heterocycles. The lowest BCUT2D eigenvalue weighted by atomic mass is 10.1. The van der Waals surface area contributed by atoms with Gasteiger partial charge < -0.3 is 10.1 Å². The molecule has 8 heteroatoms. The number of hydrogen-bond acceptors (Lipinski definition) is 5. The molecule has 0 fully saturated rings. The standard InChI is InChI=1S/C11H18ClN3O3S/c1-11(2,7-18-4)15-19(16,17)8-5-9(12)10(13-3)14-6-8/h5-6,15H,7H2,1-4H3,(H,13,14). The second kappa shape index (κ2) is 6.04. The first kappa shape index (κ1) is 16.2. The molecule has 0 aliphatic rings. The van der Waals surface area contributed by atoms with Crippen LogP contribution in [-0.2, 0) is 14.8 Å². The lowest BCUT2D eigenvalue weighted by molar-refractivity contribution is 0.141. The summed E-state index contributed by atoms with van der Waals surface area (Å²) in [5, 5.41) is 3.01. The number of nitrogens with one attached hydrogen (secondary N) is 2. The Bertz CT molecular complexity index is 546. The third-order valence-corrected chi connectivity index (χ3v) is 4.23. The molecular weight excluding hydrogens is 290 g/mol. The highest BCUT2D eigenvalue weighted by Gasteiger charge is 2.26. The Morgan fingerprint density at radius 2 is 2.11 bits per heavy atom. The second-order valence-corrected chi connectivity index (χ2v) is 6.76. The number of ether oxygens (including phenoxy) is 1. The number of hydrogen-bond donors (Lipinski definition) is 2. The number of anilines is 1. The van der Waals surface area contributed by atoms with Gasteiger partial charge in [0.15, 0.2) is 0 Å². The van der Waals surface area contributed by atoms with E-state index in [-0.39, 0.29) is 16.5 Å². The number of sulfonamides is 1. The smallest absolute Gasteiger partial charge is 0.242 e. The van der Waals surface area contributed by atoms with Gasteiger partial charge in [0.25, 0.3) is 0 Å². The number of halogens is 1. The van der Waals surface area contributed by atoms with Crippen molar-refractivity contribution in [3.63, 3.8) is 0 Å². The Morgan fingerprint density at radius 3 is 2.58 bits per heavy atom. The van der Waals surface area contributed by atoms with Crippen molar-refractivity contribution >= 4 is 27.4 Å². The Balaban J connectivity index is 3.04. The molecular formula is C11H18ClN3O3S. The molecule has 0 radical (unpaired) electrons. The van der Waals surface area contributed by atoms with Crippen molar-refractivity contribution in [1.29, 1.82) is 0 Å². The van der Waals surface area contributed by atoms with E-state index < -0.39 is 15.6 Å². The molecule has 0 aliphatic heterocycles. The zero-order valence-corrected chi connectivity index (χ0v) is 12.9. The van der Waals surface area contributed by atoms with E-state index in [1.807, 2.05) is 0 Å². The summed E-state index contributed by atoms with van der Waals surface area (Å²) in [5.74, 6) is 0.428. The molecule has 0 bridgehead atoms. The zero-order valence-electron chi connectivity index (χ0n) is 11.3. The highest BCUT2D eigenvalue weighted by Crippen LogP contribution is 2.22. The van der Waals surface area contributed by atoms with Crippen LogP contribution >= 0.6 is 11.6 Å². The van der Waals surface area contributed by atoms with Crippen molar-refractivity contribution in [3.05, 3.63) is 17.3 Å². The first-order valence-corrected chi connectivity index (χ1v) is 7.44. The van der Waals surface area contributed by atoms with Crippen LogP contribution in [0, 0.1) is 0 Å². The summed E-state index contributed by atoms with van der Waals surface area (Å²) in [6.45, 7) is 3.71. The number of rotatable bonds is 6. The van der Waals surface area contributed by atoms with E-state index in [0.29, 0.717) is 5.82 Å². The average Bonchev–Trinajstić information content (AvgIpc) is 2.27. The van der Waals surface area contributed by atoms with Gasteiger partial charge in [-0.25, -0.2) is 18.1 Å². The van der Waals surface area contributed by atoms with E-state index in [2.05, 4.69) is 15.0 Å². The van der Waals surface area contributed by atoms with Crippen molar-refractivity contribution in [2.24, 2.45) is 0 Å². The van der Waals surface area contributed by atoms with Gasteiger partial charge in [-0.05, 0) is 19.9 Å². The Hall–Kier alpha value is -0.890. The van der Waals surface area contributed by atoms with Gasteiger partial charge in [0.2, 0.25) is 10.0 Å². The first-order chi connectivity index (χ1) is 8.72. The molecule has 6 nitrogen and oxygen atoms in total. The minimum absolute atomic E-state index is 0.0145. The van der Waals surface area contributed by atoms with Gasteiger partial charge in [-0.15, -0.1) is 0 Å². The summed E-state index contributed by atoms with van der Waals surface area (Å²) in [6.07, 6.45) is 1.25. The quantitative estimate of drug-likeness (QED) is 0.832.